The SMILES string of the molecule is NC(=O)NC(=O)CNCc1csc(=O)[nH]1. The van der Waals surface area contributed by atoms with Gasteiger partial charge in [0.05, 0.1) is 6.54 Å². The molecule has 0 radical (unpaired) electrons. The van der Waals surface area contributed by atoms with Crippen molar-refractivity contribution in [3.05, 3.63) is 20.7 Å². The largest absolute Gasteiger partial charge is 0.351 e. The molecule has 0 aromatic carbocycles. The minimum Gasteiger partial charge on any atom is -0.351 e. The molecule has 5 N–H and O–H groups in total. The number of carbonyl (C=O) groups is 2. The van der Waals surface area contributed by atoms with Gasteiger partial charge < -0.3 is 16.0 Å². The first kappa shape index (κ1) is 11.4. The lowest BCUT2D eigenvalue weighted by Crippen LogP contribution is -2.40. The predicted octanol–water partition coefficient (Wildman–Crippen LogP) is -1.28. The second kappa shape index (κ2) is 5.27. The molecule has 1 rings (SSSR count). The Morgan fingerprint density at radius 2 is 2.27 bits per heavy atom. The van der Waals surface area contributed by atoms with Crippen molar-refractivity contribution in [2.45, 2.75) is 6.54 Å². The van der Waals surface area contributed by atoms with Crippen LogP contribution in [0.3, 0.4) is 0 Å². The summed E-state index contributed by atoms with van der Waals surface area (Å²) >= 11 is 1.05. The first-order valence-electron chi connectivity index (χ1n) is 4.04. The lowest BCUT2D eigenvalue weighted by atomic mass is 10.4. The Balaban J connectivity index is 2.24. The number of nitrogens with one attached hydrogen (secondary N) is 3. The summed E-state index contributed by atoms with van der Waals surface area (Å²) in [6.45, 7) is 0.311. The van der Waals surface area contributed by atoms with Crippen molar-refractivity contribution in [1.29, 1.82) is 0 Å². The summed E-state index contributed by atoms with van der Waals surface area (Å²) < 4.78 is 0. The van der Waals surface area contributed by atoms with Gasteiger partial charge in [0.2, 0.25) is 5.91 Å². The van der Waals surface area contributed by atoms with Crippen molar-refractivity contribution in [3.63, 3.8) is 0 Å². The van der Waals surface area contributed by atoms with Gasteiger partial charge in [-0.05, 0) is 0 Å². The van der Waals surface area contributed by atoms with Crippen LogP contribution in [0.1, 0.15) is 5.69 Å². The van der Waals surface area contributed by atoms with Gasteiger partial charge in [0.1, 0.15) is 0 Å². The highest BCUT2D eigenvalue weighted by Crippen LogP contribution is 1.93. The normalized spacial score (nSPS) is 9.87. The molecule has 0 unspecified atom stereocenters. The maximum atomic E-state index is 10.9. The summed E-state index contributed by atoms with van der Waals surface area (Å²) in [5.74, 6) is -0.514. The van der Waals surface area contributed by atoms with Gasteiger partial charge in [-0.3, -0.25) is 14.9 Å². The second-order valence-corrected chi connectivity index (χ2v) is 3.53. The Labute approximate surface area is 88.7 Å². The highest BCUT2D eigenvalue weighted by molar-refractivity contribution is 7.07. The third-order valence-corrected chi connectivity index (χ3v) is 2.15. The number of aromatic amines is 1. The zero-order valence-electron chi connectivity index (χ0n) is 7.70. The van der Waals surface area contributed by atoms with Gasteiger partial charge in [-0.25, -0.2) is 4.79 Å². The average Bonchev–Trinajstić information content (AvgIpc) is 2.50. The van der Waals surface area contributed by atoms with E-state index in [2.05, 4.69) is 10.3 Å². The summed E-state index contributed by atoms with van der Waals surface area (Å²) in [5, 5.41) is 6.29. The van der Waals surface area contributed by atoms with Crippen LogP contribution in [0.2, 0.25) is 0 Å². The molecule has 0 saturated heterocycles. The van der Waals surface area contributed by atoms with Crippen LogP contribution in [0.4, 0.5) is 4.79 Å². The van der Waals surface area contributed by atoms with E-state index >= 15 is 0 Å². The van der Waals surface area contributed by atoms with E-state index in [1.54, 1.807) is 5.38 Å². The van der Waals surface area contributed by atoms with E-state index in [0.29, 0.717) is 12.2 Å². The molecule has 82 valence electrons. The molecule has 7 nitrogen and oxygen atoms in total. The fraction of sp³-hybridized carbons (Fsp3) is 0.286. The molecule has 0 aliphatic rings. The minimum absolute atomic E-state index is 0.0409. The summed E-state index contributed by atoms with van der Waals surface area (Å²) in [7, 11) is 0. The van der Waals surface area contributed by atoms with Gasteiger partial charge in [0.15, 0.2) is 0 Å². The van der Waals surface area contributed by atoms with Crippen LogP contribution >= 0.6 is 11.3 Å². The molecule has 1 aromatic heterocycles. The fourth-order valence-corrected chi connectivity index (χ4v) is 1.47. The molecule has 0 bridgehead atoms. The molecule has 1 aromatic rings. The number of imide groups is 1. The van der Waals surface area contributed by atoms with E-state index in [0.717, 1.165) is 11.3 Å². The average molecular weight is 230 g/mol. The van der Waals surface area contributed by atoms with Crippen LogP contribution < -0.4 is 21.2 Å². The lowest BCUT2D eigenvalue weighted by Gasteiger charge is -2.01. The smallest absolute Gasteiger partial charge is 0.318 e. The van der Waals surface area contributed by atoms with Crippen LogP contribution in [-0.2, 0) is 11.3 Å². The van der Waals surface area contributed by atoms with Crippen LogP contribution in [0.5, 0.6) is 0 Å². The quantitative estimate of drug-likeness (QED) is 0.515. The van der Waals surface area contributed by atoms with E-state index in [9.17, 15) is 14.4 Å². The van der Waals surface area contributed by atoms with Crippen molar-refractivity contribution in [3.8, 4) is 0 Å². The number of amides is 3. The van der Waals surface area contributed by atoms with Gasteiger partial charge in [0.25, 0.3) is 0 Å². The Bertz CT molecular complexity index is 410. The number of hydrogen-bond acceptors (Lipinski definition) is 5. The van der Waals surface area contributed by atoms with E-state index in [1.165, 1.54) is 0 Å². The molecule has 0 fully saturated rings. The van der Waals surface area contributed by atoms with Gasteiger partial charge >= 0.3 is 10.9 Å². The number of rotatable bonds is 4. The van der Waals surface area contributed by atoms with Crippen molar-refractivity contribution in [2.75, 3.05) is 6.54 Å². The Hall–Kier alpha value is -1.67. The van der Waals surface area contributed by atoms with Crippen molar-refractivity contribution in [2.24, 2.45) is 5.73 Å². The maximum absolute atomic E-state index is 10.9. The topological polar surface area (TPSA) is 117 Å². The molecular weight excluding hydrogens is 220 g/mol. The van der Waals surface area contributed by atoms with Gasteiger partial charge in [-0.1, -0.05) is 11.3 Å². The molecular formula is C7H10N4O3S. The second-order valence-electron chi connectivity index (χ2n) is 2.69. The third kappa shape index (κ3) is 4.38. The zero-order chi connectivity index (χ0) is 11.3. The summed E-state index contributed by atoms with van der Waals surface area (Å²) in [6, 6.07) is -0.884. The Morgan fingerprint density at radius 3 is 2.80 bits per heavy atom. The molecule has 0 aliphatic carbocycles. The number of urea groups is 1. The predicted molar refractivity (Wildman–Crippen MR) is 54.4 cm³/mol. The molecule has 8 heteroatoms. The number of hydrogen-bond donors (Lipinski definition) is 4. The molecule has 3 amide bonds. The minimum atomic E-state index is -0.884. The van der Waals surface area contributed by atoms with Gasteiger partial charge in [-0.15, -0.1) is 0 Å². The van der Waals surface area contributed by atoms with Crippen LogP contribution in [-0.4, -0.2) is 23.5 Å². The summed E-state index contributed by atoms with van der Waals surface area (Å²) in [4.78, 5) is 34.3. The fourth-order valence-electron chi connectivity index (χ4n) is 0.893. The number of carbonyl (C=O) groups excluding carboxylic acids is 2. The Kier molecular flexibility index (Phi) is 4.01. The van der Waals surface area contributed by atoms with Crippen molar-refractivity contribution < 1.29 is 9.59 Å². The summed E-state index contributed by atoms with van der Waals surface area (Å²) in [5.41, 5.74) is 5.43. The molecule has 15 heavy (non-hydrogen) atoms. The maximum Gasteiger partial charge on any atom is 0.318 e. The van der Waals surface area contributed by atoms with Crippen molar-refractivity contribution in [1.82, 2.24) is 15.6 Å². The van der Waals surface area contributed by atoms with Gasteiger partial charge in [-0.2, -0.15) is 0 Å². The Morgan fingerprint density at radius 1 is 1.53 bits per heavy atom. The molecule has 0 atom stereocenters. The number of thiazole rings is 1. The van der Waals surface area contributed by atoms with E-state index < -0.39 is 11.9 Å². The van der Waals surface area contributed by atoms with Gasteiger partial charge in [0, 0.05) is 17.6 Å². The molecule has 1 heterocycles. The van der Waals surface area contributed by atoms with E-state index in [-0.39, 0.29) is 11.4 Å². The molecule has 0 aliphatic heterocycles. The highest BCUT2D eigenvalue weighted by atomic mass is 32.1. The first-order valence-corrected chi connectivity index (χ1v) is 4.92. The third-order valence-electron chi connectivity index (χ3n) is 1.43. The van der Waals surface area contributed by atoms with E-state index in [4.69, 9.17) is 5.73 Å². The first-order chi connectivity index (χ1) is 7.08. The highest BCUT2D eigenvalue weighted by Gasteiger charge is 2.03. The lowest BCUT2D eigenvalue weighted by molar-refractivity contribution is -0.119. The number of H-pyrrole nitrogens is 1. The molecule has 0 spiro atoms. The summed E-state index contributed by atoms with van der Waals surface area (Å²) in [6.07, 6.45) is 0. The van der Waals surface area contributed by atoms with Crippen LogP contribution in [0, 0.1) is 0 Å². The van der Waals surface area contributed by atoms with Crippen LogP contribution in [0.25, 0.3) is 0 Å². The van der Waals surface area contributed by atoms with Crippen LogP contribution in [0.15, 0.2) is 10.2 Å². The van der Waals surface area contributed by atoms with Crippen molar-refractivity contribution >= 4 is 23.3 Å². The van der Waals surface area contributed by atoms with E-state index in [1.807, 2.05) is 5.32 Å². The molecule has 0 saturated carbocycles. The number of primary amides is 1. The monoisotopic (exact) mass is 230 g/mol. The number of aromatic nitrogens is 1. The zero-order valence-corrected chi connectivity index (χ0v) is 8.52. The number of nitrogens with two attached hydrogens (primary N) is 1. The standard InChI is InChI=1S/C7H10N4O3S/c8-6(13)11-5(12)2-9-1-4-3-15-7(14)10-4/h3,9H,1-2H2,(H,10,14)(H3,8,11,12,13).